The van der Waals surface area contributed by atoms with Gasteiger partial charge in [0.2, 0.25) is 5.82 Å². The number of anilines is 1. The summed E-state index contributed by atoms with van der Waals surface area (Å²) < 4.78 is 49.5. The van der Waals surface area contributed by atoms with Gasteiger partial charge in [0, 0.05) is 37.5 Å². The number of nitrogens with zero attached hydrogens (tertiary/aromatic N) is 5. The summed E-state index contributed by atoms with van der Waals surface area (Å²) in [5.41, 5.74) is 0.554. The minimum Gasteiger partial charge on any atom is -0.444 e. The van der Waals surface area contributed by atoms with Gasteiger partial charge in [0.25, 0.3) is 0 Å². The summed E-state index contributed by atoms with van der Waals surface area (Å²) in [6.07, 6.45) is 0.137. The Labute approximate surface area is 219 Å². The first-order valence-electron chi connectivity index (χ1n) is 12.3. The molecule has 8 nitrogen and oxygen atoms in total. The van der Waals surface area contributed by atoms with Gasteiger partial charge in [-0.2, -0.15) is 18.6 Å². The van der Waals surface area contributed by atoms with Crippen LogP contribution in [0.25, 0.3) is 16.8 Å². The number of pyridine rings is 1. The van der Waals surface area contributed by atoms with Crippen molar-refractivity contribution in [2.75, 3.05) is 24.5 Å². The monoisotopic (exact) mass is 528 g/mol. The lowest BCUT2D eigenvalue weighted by Crippen LogP contribution is -2.40. The Kier molecular flexibility index (Phi) is 6.80. The quantitative estimate of drug-likeness (QED) is 0.465. The maximum absolute atomic E-state index is 14.3. The molecule has 1 amide bonds. The van der Waals surface area contributed by atoms with Gasteiger partial charge in [0.05, 0.1) is 0 Å². The van der Waals surface area contributed by atoms with Crippen molar-refractivity contribution in [1.29, 1.82) is 5.26 Å². The molecule has 1 N–H and O–H groups in total. The minimum atomic E-state index is -3.33. The van der Waals surface area contributed by atoms with Gasteiger partial charge >= 0.3 is 12.0 Å². The second kappa shape index (κ2) is 9.49. The molecular weight excluding hydrogens is 497 g/mol. The molecule has 1 aromatic carbocycles. The van der Waals surface area contributed by atoms with Gasteiger partial charge in [-0.25, -0.2) is 14.2 Å². The van der Waals surface area contributed by atoms with Crippen LogP contribution in [0.1, 0.15) is 58.0 Å². The van der Waals surface area contributed by atoms with Crippen LogP contribution in [-0.2, 0) is 10.7 Å². The van der Waals surface area contributed by atoms with Gasteiger partial charge in [-0.15, -0.1) is 5.10 Å². The number of hydrogen-bond acceptors (Lipinski definition) is 6. The lowest BCUT2D eigenvalue weighted by molar-refractivity contribution is 0.00799. The highest BCUT2D eigenvalue weighted by atomic mass is 19.3. The molecule has 11 heteroatoms. The van der Waals surface area contributed by atoms with Crippen LogP contribution in [-0.4, -0.2) is 45.9 Å². The van der Waals surface area contributed by atoms with Crippen molar-refractivity contribution in [1.82, 2.24) is 19.9 Å². The van der Waals surface area contributed by atoms with Crippen molar-refractivity contribution < 1.29 is 22.7 Å². The second-order valence-electron chi connectivity index (χ2n) is 11.2. The molecule has 0 saturated carbocycles. The molecule has 0 unspecified atom stereocenters. The molecule has 1 saturated heterocycles. The molecule has 1 atom stereocenters. The Morgan fingerprint density at radius 3 is 2.61 bits per heavy atom. The fourth-order valence-electron chi connectivity index (χ4n) is 4.74. The van der Waals surface area contributed by atoms with E-state index < -0.39 is 29.3 Å². The van der Waals surface area contributed by atoms with E-state index >= 15 is 0 Å². The molecule has 3 heterocycles. The molecule has 38 heavy (non-hydrogen) atoms. The molecule has 1 aliphatic heterocycles. The Hall–Kier alpha value is -3.81. The lowest BCUT2D eigenvalue weighted by atomic mass is 9.90. The average Bonchev–Trinajstić information content (AvgIpc) is 3.40. The molecule has 3 aromatic rings. The van der Waals surface area contributed by atoms with Crippen molar-refractivity contribution in [2.24, 2.45) is 5.41 Å². The number of carbonyl (C=O) groups excluding carboxylic acids is 1. The summed E-state index contributed by atoms with van der Waals surface area (Å²) >= 11 is 0. The molecule has 0 spiro atoms. The number of nitriles is 1. The molecule has 2 aromatic heterocycles. The summed E-state index contributed by atoms with van der Waals surface area (Å²) in [5.74, 6) is -4.08. The first-order chi connectivity index (χ1) is 17.6. The third kappa shape index (κ3) is 5.39. The van der Waals surface area contributed by atoms with Gasteiger partial charge in [0.15, 0.2) is 5.65 Å². The first kappa shape index (κ1) is 27.2. The molecule has 4 rings (SSSR count). The van der Waals surface area contributed by atoms with E-state index in [-0.39, 0.29) is 16.6 Å². The number of rotatable bonds is 5. The van der Waals surface area contributed by atoms with E-state index in [9.17, 15) is 23.2 Å². The third-order valence-corrected chi connectivity index (χ3v) is 6.54. The number of alkyl halides is 2. The summed E-state index contributed by atoms with van der Waals surface area (Å²) in [6, 6.07) is 7.97. The number of benzene rings is 1. The standard InChI is InChI=1S/C27H31F3N6O2/c1-16-19(13-31)21-33-23(27(6,29)30)34-36(21)22(20(16)17-8-7-9-18(28)12-17)35-11-10-26(5,15-35)14-32-24(37)38-25(2,3)4/h7-9,12H,10-11,14-15H2,1-6H3,(H,32,37)/t26-/m0/s1. The van der Waals surface area contributed by atoms with Crippen molar-refractivity contribution in [3.63, 3.8) is 0 Å². The Morgan fingerprint density at radius 2 is 2.00 bits per heavy atom. The largest absolute Gasteiger partial charge is 0.444 e. The molecule has 202 valence electrons. The van der Waals surface area contributed by atoms with E-state index in [2.05, 4.69) is 21.5 Å². The third-order valence-electron chi connectivity index (χ3n) is 6.54. The first-order valence-corrected chi connectivity index (χ1v) is 12.3. The fourth-order valence-corrected chi connectivity index (χ4v) is 4.74. The van der Waals surface area contributed by atoms with E-state index in [1.165, 1.54) is 16.6 Å². The van der Waals surface area contributed by atoms with Crippen LogP contribution in [0.5, 0.6) is 0 Å². The highest BCUT2D eigenvalue weighted by Crippen LogP contribution is 2.42. The normalized spacial score (nSPS) is 18.1. The van der Waals surface area contributed by atoms with Crippen LogP contribution >= 0.6 is 0 Å². The van der Waals surface area contributed by atoms with Crippen molar-refractivity contribution in [2.45, 2.75) is 59.5 Å². The number of alkyl carbamates (subject to hydrolysis) is 1. The average molecular weight is 529 g/mol. The molecular formula is C27H31F3N6O2. The summed E-state index contributed by atoms with van der Waals surface area (Å²) in [4.78, 5) is 18.3. The summed E-state index contributed by atoms with van der Waals surface area (Å²) in [7, 11) is 0. The Bertz CT molecular complexity index is 1430. The number of hydrogen-bond donors (Lipinski definition) is 1. The Balaban J connectivity index is 1.83. The maximum Gasteiger partial charge on any atom is 0.407 e. The van der Waals surface area contributed by atoms with E-state index in [0.717, 1.165) is 0 Å². The fraction of sp³-hybridized carbons (Fsp3) is 0.481. The zero-order valence-corrected chi connectivity index (χ0v) is 22.3. The number of carbonyl (C=O) groups is 1. The molecule has 0 bridgehead atoms. The molecule has 1 aliphatic rings. The van der Waals surface area contributed by atoms with Crippen LogP contribution in [0.3, 0.4) is 0 Å². The zero-order valence-electron chi connectivity index (χ0n) is 22.3. The predicted octanol–water partition coefficient (Wildman–Crippen LogP) is 5.57. The highest BCUT2D eigenvalue weighted by molar-refractivity contribution is 5.85. The van der Waals surface area contributed by atoms with Gasteiger partial charge in [-0.1, -0.05) is 19.1 Å². The maximum atomic E-state index is 14.3. The van der Waals surface area contributed by atoms with E-state index in [4.69, 9.17) is 4.74 Å². The molecule has 1 fully saturated rings. The van der Waals surface area contributed by atoms with Crippen molar-refractivity contribution in [3.05, 3.63) is 47.0 Å². The van der Waals surface area contributed by atoms with E-state index in [1.54, 1.807) is 39.8 Å². The summed E-state index contributed by atoms with van der Waals surface area (Å²) in [6.45, 7) is 11.0. The number of ether oxygens (including phenoxy) is 1. The minimum absolute atomic E-state index is 0.0113. The van der Waals surface area contributed by atoms with Crippen LogP contribution < -0.4 is 10.2 Å². The van der Waals surface area contributed by atoms with Gasteiger partial charge in [-0.3, -0.25) is 0 Å². The number of fused-ring (bicyclic) bond motifs is 1. The number of amides is 1. The smallest absolute Gasteiger partial charge is 0.407 e. The van der Waals surface area contributed by atoms with Gasteiger partial charge in [0.1, 0.15) is 28.9 Å². The molecule has 0 radical (unpaired) electrons. The number of halogens is 3. The van der Waals surface area contributed by atoms with E-state index in [1.807, 2.05) is 11.8 Å². The topological polar surface area (TPSA) is 95.6 Å². The SMILES string of the molecule is Cc1c(-c2cccc(F)c2)c(N2CC[C@@](C)(CNC(=O)OC(C)(C)C)C2)n2nc(C(C)(F)F)nc2c1C#N. The van der Waals surface area contributed by atoms with Gasteiger partial charge < -0.3 is 15.0 Å². The second-order valence-corrected chi connectivity index (χ2v) is 11.2. The van der Waals surface area contributed by atoms with Crippen LogP contribution in [0.15, 0.2) is 24.3 Å². The zero-order chi connectivity index (χ0) is 28.0. The number of nitrogens with one attached hydrogen (secondary N) is 1. The Morgan fingerprint density at radius 1 is 1.29 bits per heavy atom. The van der Waals surface area contributed by atoms with Gasteiger partial charge in [-0.05, 0) is 57.4 Å². The highest BCUT2D eigenvalue weighted by Gasteiger charge is 2.39. The van der Waals surface area contributed by atoms with Crippen molar-refractivity contribution in [3.8, 4) is 17.2 Å². The van der Waals surface area contributed by atoms with Crippen LogP contribution in [0, 0.1) is 29.5 Å². The predicted molar refractivity (Wildman–Crippen MR) is 137 cm³/mol. The van der Waals surface area contributed by atoms with Crippen LogP contribution in [0.2, 0.25) is 0 Å². The van der Waals surface area contributed by atoms with Crippen molar-refractivity contribution >= 4 is 17.6 Å². The molecule has 0 aliphatic carbocycles. The van der Waals surface area contributed by atoms with Crippen LogP contribution in [0.4, 0.5) is 23.8 Å². The lowest BCUT2D eigenvalue weighted by Gasteiger charge is -2.29. The number of aromatic nitrogens is 3. The van der Waals surface area contributed by atoms with E-state index in [0.29, 0.717) is 55.5 Å². The summed E-state index contributed by atoms with van der Waals surface area (Å²) in [5, 5.41) is 16.9.